The molecule has 2 unspecified atom stereocenters. The molecule has 10 heteroatoms. The third-order valence-electron chi connectivity index (χ3n) is 4.50. The summed E-state index contributed by atoms with van der Waals surface area (Å²) in [7, 11) is -2.88. The van der Waals surface area contributed by atoms with E-state index in [1.54, 1.807) is 33.8 Å². The van der Waals surface area contributed by atoms with Gasteiger partial charge in [-0.15, -0.1) is 0 Å². The zero-order valence-corrected chi connectivity index (χ0v) is 17.8. The van der Waals surface area contributed by atoms with Crippen LogP contribution in [0.5, 0.6) is 11.5 Å². The highest BCUT2D eigenvalue weighted by molar-refractivity contribution is 7.92. The number of hydrogen-bond donors (Lipinski definition) is 1. The van der Waals surface area contributed by atoms with Gasteiger partial charge in [-0.05, 0) is 33.8 Å². The highest BCUT2D eigenvalue weighted by atomic mass is 32.2. The van der Waals surface area contributed by atoms with Gasteiger partial charge in [0.2, 0.25) is 6.79 Å². The van der Waals surface area contributed by atoms with Crippen molar-refractivity contribution < 1.29 is 32.7 Å². The van der Waals surface area contributed by atoms with Crippen molar-refractivity contribution in [2.75, 3.05) is 31.5 Å². The Balaban J connectivity index is 2.02. The largest absolute Gasteiger partial charge is 0.462 e. The summed E-state index contributed by atoms with van der Waals surface area (Å²) in [6, 6.07) is 2.47. The number of nitrogens with one attached hydrogen (secondary N) is 1. The zero-order chi connectivity index (χ0) is 21.4. The van der Waals surface area contributed by atoms with Crippen molar-refractivity contribution >= 4 is 21.8 Å². The molecule has 1 fully saturated rings. The molecule has 1 aromatic carbocycles. The van der Waals surface area contributed by atoms with Crippen LogP contribution in [-0.2, 0) is 19.2 Å². The minimum Gasteiger partial charge on any atom is -0.462 e. The van der Waals surface area contributed by atoms with Gasteiger partial charge in [0.1, 0.15) is 11.2 Å². The summed E-state index contributed by atoms with van der Waals surface area (Å²) in [6.07, 6.45) is -0.556. The van der Waals surface area contributed by atoms with Gasteiger partial charge in [0.25, 0.3) is 0 Å². The lowest BCUT2D eigenvalue weighted by molar-refractivity contribution is 0.0180. The Morgan fingerprint density at radius 2 is 1.97 bits per heavy atom. The average molecular weight is 426 g/mol. The van der Waals surface area contributed by atoms with Gasteiger partial charge >= 0.3 is 12.1 Å². The number of benzene rings is 1. The van der Waals surface area contributed by atoms with Gasteiger partial charge in [0, 0.05) is 27.6 Å². The van der Waals surface area contributed by atoms with Crippen LogP contribution in [0.4, 0.5) is 4.79 Å². The Labute approximate surface area is 170 Å². The van der Waals surface area contributed by atoms with E-state index in [1.807, 2.05) is 0 Å². The Bertz CT molecular complexity index is 921. The van der Waals surface area contributed by atoms with Crippen molar-refractivity contribution in [2.24, 2.45) is 0 Å². The predicted molar refractivity (Wildman–Crippen MR) is 105 cm³/mol. The van der Waals surface area contributed by atoms with Crippen LogP contribution in [0.2, 0.25) is 0 Å². The molecular weight excluding hydrogens is 400 g/mol. The van der Waals surface area contributed by atoms with Crippen LogP contribution >= 0.6 is 0 Å². The maximum atomic E-state index is 12.8. The summed E-state index contributed by atoms with van der Waals surface area (Å²) in [4.78, 5) is 26.4. The maximum Gasteiger partial charge on any atom is 0.410 e. The molecule has 1 saturated heterocycles. The maximum absolute atomic E-state index is 12.8. The fraction of sp³-hybridized carbons (Fsp3) is 0.579. The number of ether oxygens (including phenoxy) is 4. The monoisotopic (exact) mass is 426 g/mol. The fourth-order valence-electron chi connectivity index (χ4n) is 3.28. The second-order valence-corrected chi connectivity index (χ2v) is 10.2. The van der Waals surface area contributed by atoms with Crippen molar-refractivity contribution in [3.8, 4) is 11.5 Å². The molecule has 9 nitrogen and oxygen atoms in total. The van der Waals surface area contributed by atoms with Crippen LogP contribution in [0, 0.1) is 4.78 Å². The first kappa shape index (κ1) is 21.2. The molecule has 1 N–H and O–H groups in total. The molecular formula is C19H26N2O7S. The summed E-state index contributed by atoms with van der Waals surface area (Å²) in [5.41, 5.74) is 0.0435. The quantitative estimate of drug-likeness (QED) is 0.739. The van der Waals surface area contributed by atoms with Crippen molar-refractivity contribution in [1.29, 1.82) is 4.78 Å². The Morgan fingerprint density at radius 1 is 1.28 bits per heavy atom. The average Bonchev–Trinajstić information content (AvgIpc) is 3.08. The summed E-state index contributed by atoms with van der Waals surface area (Å²) < 4.78 is 42.2. The highest BCUT2D eigenvalue weighted by Gasteiger charge is 2.39. The molecule has 1 amide bonds. The molecule has 3 rings (SSSR count). The van der Waals surface area contributed by atoms with Crippen molar-refractivity contribution in [3.63, 3.8) is 0 Å². The van der Waals surface area contributed by atoms with Gasteiger partial charge < -0.3 is 18.9 Å². The SMILES string of the molecule is CCOC(=O)c1ccc(C2CS(=N)(=O)CCN2C(=O)OC(C)(C)C)c2c1OCO2. The van der Waals surface area contributed by atoms with E-state index in [1.165, 1.54) is 11.0 Å². The second-order valence-electron chi connectivity index (χ2n) is 7.86. The molecule has 0 bridgehead atoms. The lowest BCUT2D eigenvalue weighted by Gasteiger charge is -2.37. The molecule has 0 aliphatic carbocycles. The number of carbonyl (C=O) groups is 2. The number of amides is 1. The fourth-order valence-corrected chi connectivity index (χ4v) is 4.80. The lowest BCUT2D eigenvalue weighted by Crippen LogP contribution is -2.47. The zero-order valence-electron chi connectivity index (χ0n) is 17.0. The van der Waals surface area contributed by atoms with E-state index >= 15 is 0 Å². The van der Waals surface area contributed by atoms with E-state index in [9.17, 15) is 13.8 Å². The number of rotatable bonds is 3. The molecule has 160 valence electrons. The summed E-state index contributed by atoms with van der Waals surface area (Å²) >= 11 is 0. The van der Waals surface area contributed by atoms with Crippen LogP contribution in [0.25, 0.3) is 0 Å². The molecule has 1 aromatic rings. The number of fused-ring (bicyclic) bond motifs is 1. The van der Waals surface area contributed by atoms with E-state index in [0.29, 0.717) is 11.3 Å². The third kappa shape index (κ3) is 4.58. The minimum atomic E-state index is -2.88. The van der Waals surface area contributed by atoms with Crippen molar-refractivity contribution in [2.45, 2.75) is 39.3 Å². The summed E-state index contributed by atoms with van der Waals surface area (Å²) in [5.74, 6) is 0.000339. The minimum absolute atomic E-state index is 0.0548. The lowest BCUT2D eigenvalue weighted by atomic mass is 10.0. The molecule has 0 saturated carbocycles. The van der Waals surface area contributed by atoms with Gasteiger partial charge in [-0.2, -0.15) is 0 Å². The Morgan fingerprint density at radius 3 is 2.62 bits per heavy atom. The highest BCUT2D eigenvalue weighted by Crippen LogP contribution is 2.44. The van der Waals surface area contributed by atoms with Crippen LogP contribution in [0.3, 0.4) is 0 Å². The van der Waals surface area contributed by atoms with Crippen LogP contribution in [-0.4, -0.2) is 58.2 Å². The number of esters is 1. The first-order valence-electron chi connectivity index (χ1n) is 9.36. The van der Waals surface area contributed by atoms with Crippen LogP contribution in [0.15, 0.2) is 12.1 Å². The Hall–Kier alpha value is -2.49. The van der Waals surface area contributed by atoms with Crippen molar-refractivity contribution in [3.05, 3.63) is 23.3 Å². The third-order valence-corrected chi connectivity index (χ3v) is 6.19. The van der Waals surface area contributed by atoms with E-state index in [2.05, 4.69) is 0 Å². The molecule has 0 spiro atoms. The number of nitrogens with zero attached hydrogens (tertiary/aromatic N) is 1. The van der Waals surface area contributed by atoms with Crippen LogP contribution < -0.4 is 9.47 Å². The Kier molecular flexibility index (Phi) is 5.66. The van der Waals surface area contributed by atoms with Crippen molar-refractivity contribution in [1.82, 2.24) is 4.90 Å². The predicted octanol–water partition coefficient (Wildman–Crippen LogP) is 2.93. The first-order chi connectivity index (χ1) is 13.5. The molecule has 2 aliphatic heterocycles. The number of hydrogen-bond acceptors (Lipinski definition) is 8. The van der Waals surface area contributed by atoms with Gasteiger partial charge in [0.15, 0.2) is 11.5 Å². The van der Waals surface area contributed by atoms with E-state index in [-0.39, 0.29) is 42.8 Å². The van der Waals surface area contributed by atoms with Gasteiger partial charge in [0.05, 0.1) is 18.4 Å². The van der Waals surface area contributed by atoms with Crippen LogP contribution in [0.1, 0.15) is 49.7 Å². The topological polar surface area (TPSA) is 115 Å². The summed E-state index contributed by atoms with van der Waals surface area (Å²) in [5, 5.41) is 0. The van der Waals surface area contributed by atoms with Gasteiger partial charge in [-0.25, -0.2) is 13.8 Å². The molecule has 2 atom stereocenters. The normalized spacial score (nSPS) is 23.6. The molecule has 29 heavy (non-hydrogen) atoms. The van der Waals surface area contributed by atoms with Gasteiger partial charge in [-0.1, -0.05) is 6.07 Å². The first-order valence-corrected chi connectivity index (χ1v) is 11.3. The second kappa shape index (κ2) is 7.74. The molecule has 0 radical (unpaired) electrons. The summed E-state index contributed by atoms with van der Waals surface area (Å²) in [6.45, 7) is 7.24. The molecule has 2 aliphatic rings. The molecule has 0 aromatic heterocycles. The van der Waals surface area contributed by atoms with Gasteiger partial charge in [-0.3, -0.25) is 9.68 Å². The van der Waals surface area contributed by atoms with E-state index in [0.717, 1.165) is 0 Å². The van der Waals surface area contributed by atoms with E-state index < -0.39 is 33.4 Å². The number of carbonyl (C=O) groups excluding carboxylic acids is 2. The standard InChI is InChI=1S/C19H26N2O7S/c1-5-25-17(22)13-7-6-12(15-16(13)27-11-26-15)14-10-29(20,24)9-8-21(14)18(23)28-19(2,3)4/h6-7,14,20H,5,8-11H2,1-4H3. The smallest absolute Gasteiger partial charge is 0.410 e. The van der Waals surface area contributed by atoms with E-state index in [4.69, 9.17) is 23.7 Å². The molecule has 2 heterocycles.